The number of benzene rings is 2. The normalized spacial score (nSPS) is 15.8. The second-order valence-electron chi connectivity index (χ2n) is 8.01. The van der Waals surface area contributed by atoms with Crippen molar-refractivity contribution in [2.24, 2.45) is 0 Å². The molecule has 2 N–H and O–H groups in total. The maximum Gasteiger partial charge on any atom is 0.251 e. The van der Waals surface area contributed by atoms with Gasteiger partial charge in [0, 0.05) is 42.2 Å². The topological polar surface area (TPSA) is 84.5 Å². The molecule has 0 bridgehead atoms. The number of ether oxygens (including phenoxy) is 1. The van der Waals surface area contributed by atoms with E-state index in [1.807, 2.05) is 23.6 Å². The Morgan fingerprint density at radius 2 is 1.82 bits per heavy atom. The molecule has 0 radical (unpaired) electrons. The SMILES string of the molecule is O=C(NCC1(c2cccc(F)c2)CCOCC1)c1ccc(S(=O)(=O)NCc2cccs2)cc1. The summed E-state index contributed by atoms with van der Waals surface area (Å²) in [5.41, 5.74) is 0.781. The van der Waals surface area contributed by atoms with Crippen LogP contribution in [-0.2, 0) is 26.7 Å². The van der Waals surface area contributed by atoms with Gasteiger partial charge in [-0.15, -0.1) is 11.3 Å². The van der Waals surface area contributed by atoms with Gasteiger partial charge in [-0.3, -0.25) is 4.79 Å². The van der Waals surface area contributed by atoms with Crippen molar-refractivity contribution in [3.05, 3.63) is 87.9 Å². The van der Waals surface area contributed by atoms with Crippen LogP contribution in [0.2, 0.25) is 0 Å². The van der Waals surface area contributed by atoms with E-state index < -0.39 is 15.4 Å². The molecule has 1 aromatic heterocycles. The van der Waals surface area contributed by atoms with Crippen LogP contribution in [0.3, 0.4) is 0 Å². The van der Waals surface area contributed by atoms with Crippen LogP contribution in [0.1, 0.15) is 33.6 Å². The summed E-state index contributed by atoms with van der Waals surface area (Å²) in [5.74, 6) is -0.623. The molecule has 2 heterocycles. The van der Waals surface area contributed by atoms with E-state index in [1.165, 1.54) is 47.7 Å². The molecule has 2 aromatic carbocycles. The first-order chi connectivity index (χ1) is 15.9. The maximum atomic E-state index is 13.9. The molecular formula is C24H25FN2O4S2. The van der Waals surface area contributed by atoms with Gasteiger partial charge in [0.2, 0.25) is 10.0 Å². The van der Waals surface area contributed by atoms with Crippen molar-refractivity contribution in [3.63, 3.8) is 0 Å². The minimum Gasteiger partial charge on any atom is -0.381 e. The van der Waals surface area contributed by atoms with E-state index in [9.17, 15) is 17.6 Å². The monoisotopic (exact) mass is 488 g/mol. The third kappa shape index (κ3) is 5.67. The van der Waals surface area contributed by atoms with Gasteiger partial charge >= 0.3 is 0 Å². The summed E-state index contributed by atoms with van der Waals surface area (Å²) in [6, 6.07) is 16.0. The molecule has 0 atom stereocenters. The zero-order chi connectivity index (χ0) is 23.3. The van der Waals surface area contributed by atoms with Crippen molar-refractivity contribution in [1.82, 2.24) is 10.0 Å². The maximum absolute atomic E-state index is 13.9. The molecule has 1 amide bonds. The Morgan fingerprint density at radius 3 is 2.48 bits per heavy atom. The predicted molar refractivity (Wildman–Crippen MR) is 125 cm³/mol. The Morgan fingerprint density at radius 1 is 1.06 bits per heavy atom. The summed E-state index contributed by atoms with van der Waals surface area (Å²) in [5, 5.41) is 4.83. The highest BCUT2D eigenvalue weighted by molar-refractivity contribution is 7.89. The minimum absolute atomic E-state index is 0.0938. The minimum atomic E-state index is -3.68. The molecule has 6 nitrogen and oxygen atoms in total. The zero-order valence-corrected chi connectivity index (χ0v) is 19.6. The van der Waals surface area contributed by atoms with Gasteiger partial charge in [-0.1, -0.05) is 18.2 Å². The fourth-order valence-corrected chi connectivity index (χ4v) is 5.69. The van der Waals surface area contributed by atoms with Gasteiger partial charge in [-0.2, -0.15) is 0 Å². The number of hydrogen-bond acceptors (Lipinski definition) is 5. The lowest BCUT2D eigenvalue weighted by atomic mass is 9.74. The number of amides is 1. The molecule has 0 unspecified atom stereocenters. The standard InChI is InChI=1S/C24H25FN2O4S2/c25-20-4-1-3-19(15-20)24(10-12-31-13-11-24)17-26-23(28)18-6-8-22(9-7-18)33(29,30)27-16-21-5-2-14-32-21/h1-9,14-15,27H,10-13,16-17H2,(H,26,28). The second kappa shape index (κ2) is 10.1. The number of nitrogens with one attached hydrogen (secondary N) is 2. The van der Waals surface area contributed by atoms with Crippen LogP contribution >= 0.6 is 11.3 Å². The third-order valence-corrected chi connectivity index (χ3v) is 8.21. The summed E-state index contributed by atoms with van der Waals surface area (Å²) in [4.78, 5) is 13.8. The largest absolute Gasteiger partial charge is 0.381 e. The van der Waals surface area contributed by atoms with Crippen LogP contribution < -0.4 is 10.0 Å². The van der Waals surface area contributed by atoms with Crippen molar-refractivity contribution in [2.75, 3.05) is 19.8 Å². The molecule has 4 rings (SSSR count). The number of halogens is 1. The number of rotatable bonds is 8. The average molecular weight is 489 g/mol. The van der Waals surface area contributed by atoms with Gasteiger partial charge < -0.3 is 10.1 Å². The summed E-state index contributed by atoms with van der Waals surface area (Å²) < 4.78 is 46.9. The Kier molecular flexibility index (Phi) is 7.23. The summed E-state index contributed by atoms with van der Waals surface area (Å²) in [6.07, 6.45) is 1.34. The Balaban J connectivity index is 1.42. The number of thiophene rings is 1. The molecule has 1 saturated heterocycles. The van der Waals surface area contributed by atoms with E-state index >= 15 is 0 Å². The molecule has 1 aliphatic heterocycles. The predicted octanol–water partition coefficient (Wildman–Crippen LogP) is 3.84. The molecule has 33 heavy (non-hydrogen) atoms. The lowest BCUT2D eigenvalue weighted by Gasteiger charge is -2.38. The molecule has 9 heteroatoms. The van der Waals surface area contributed by atoms with Gasteiger partial charge in [-0.25, -0.2) is 17.5 Å². The lowest BCUT2D eigenvalue weighted by Crippen LogP contribution is -2.44. The molecule has 174 valence electrons. The highest BCUT2D eigenvalue weighted by Crippen LogP contribution is 2.34. The Bertz CT molecular complexity index is 1190. The molecule has 1 fully saturated rings. The molecule has 0 aliphatic carbocycles. The van der Waals surface area contributed by atoms with Crippen LogP contribution in [0.15, 0.2) is 70.9 Å². The number of carbonyl (C=O) groups excluding carboxylic acids is 1. The fourth-order valence-electron chi connectivity index (χ4n) is 3.95. The third-order valence-electron chi connectivity index (χ3n) is 5.92. The highest BCUT2D eigenvalue weighted by atomic mass is 32.2. The van der Waals surface area contributed by atoms with Crippen LogP contribution in [-0.4, -0.2) is 34.1 Å². The first-order valence-corrected chi connectivity index (χ1v) is 13.0. The van der Waals surface area contributed by atoms with Crippen LogP contribution in [0.5, 0.6) is 0 Å². The van der Waals surface area contributed by atoms with E-state index in [4.69, 9.17) is 4.74 Å². The van der Waals surface area contributed by atoms with Crippen molar-refractivity contribution in [1.29, 1.82) is 0 Å². The molecule has 1 aliphatic rings. The summed E-state index contributed by atoms with van der Waals surface area (Å²) >= 11 is 1.47. The number of sulfonamides is 1. The van der Waals surface area contributed by atoms with Gasteiger partial charge in [0.05, 0.1) is 4.90 Å². The number of carbonyl (C=O) groups is 1. The van der Waals surface area contributed by atoms with E-state index in [1.54, 1.807) is 6.07 Å². The highest BCUT2D eigenvalue weighted by Gasteiger charge is 2.35. The first-order valence-electron chi connectivity index (χ1n) is 10.6. The molecule has 0 saturated carbocycles. The van der Waals surface area contributed by atoms with E-state index in [2.05, 4.69) is 10.0 Å². The second-order valence-corrected chi connectivity index (χ2v) is 10.8. The van der Waals surface area contributed by atoms with Gasteiger partial charge in [0.1, 0.15) is 5.82 Å². The van der Waals surface area contributed by atoms with Gasteiger partial charge in [-0.05, 0) is 66.2 Å². The smallest absolute Gasteiger partial charge is 0.251 e. The van der Waals surface area contributed by atoms with Crippen LogP contribution in [0.4, 0.5) is 4.39 Å². The van der Waals surface area contributed by atoms with Gasteiger partial charge in [0.15, 0.2) is 0 Å². The first kappa shape index (κ1) is 23.6. The lowest BCUT2D eigenvalue weighted by molar-refractivity contribution is 0.0486. The Hall–Kier alpha value is -2.59. The van der Waals surface area contributed by atoms with Crippen LogP contribution in [0.25, 0.3) is 0 Å². The Labute approximate surface area is 196 Å². The average Bonchev–Trinajstić information content (AvgIpc) is 3.36. The summed E-state index contributed by atoms with van der Waals surface area (Å²) in [6.45, 7) is 1.63. The zero-order valence-electron chi connectivity index (χ0n) is 17.9. The number of hydrogen-bond donors (Lipinski definition) is 2. The molecule has 0 spiro atoms. The molecule has 3 aromatic rings. The summed E-state index contributed by atoms with van der Waals surface area (Å²) in [7, 11) is -3.68. The van der Waals surface area contributed by atoms with E-state index in [0.29, 0.717) is 38.2 Å². The van der Waals surface area contributed by atoms with E-state index in [-0.39, 0.29) is 23.2 Å². The van der Waals surface area contributed by atoms with Gasteiger partial charge in [0.25, 0.3) is 5.91 Å². The fraction of sp³-hybridized carbons (Fsp3) is 0.292. The quantitative estimate of drug-likeness (QED) is 0.505. The van der Waals surface area contributed by atoms with Crippen molar-refractivity contribution >= 4 is 27.3 Å². The van der Waals surface area contributed by atoms with Crippen molar-refractivity contribution in [2.45, 2.75) is 29.7 Å². The van der Waals surface area contributed by atoms with Crippen molar-refractivity contribution in [3.8, 4) is 0 Å². The molecular weight excluding hydrogens is 463 g/mol. The van der Waals surface area contributed by atoms with Crippen molar-refractivity contribution < 1.29 is 22.3 Å². The van der Waals surface area contributed by atoms with Crippen LogP contribution in [0, 0.1) is 5.82 Å². The van der Waals surface area contributed by atoms with E-state index in [0.717, 1.165) is 10.4 Å².